The van der Waals surface area contributed by atoms with Gasteiger partial charge in [0.15, 0.2) is 5.75 Å². The minimum Gasteiger partial charge on any atom is -0.502 e. The van der Waals surface area contributed by atoms with Gasteiger partial charge in [-0.15, -0.1) is 0 Å². The summed E-state index contributed by atoms with van der Waals surface area (Å²) >= 11 is 0. The Labute approximate surface area is 138 Å². The van der Waals surface area contributed by atoms with Crippen LogP contribution in [0, 0.1) is 24.0 Å². The molecule has 2 rings (SSSR count). The number of nitro benzene ring substituents is 1. The molecule has 0 atom stereocenters. The normalized spacial score (nSPS) is 10.8. The molecule has 0 aliphatic heterocycles. The summed E-state index contributed by atoms with van der Waals surface area (Å²) in [4.78, 5) is 22.0. The molecule has 0 heterocycles. The number of carbonyl (C=O) groups excluding carboxylic acids is 1. The molecule has 2 aromatic rings. The van der Waals surface area contributed by atoms with E-state index in [1.54, 1.807) is 0 Å². The molecule has 0 aromatic heterocycles. The average Bonchev–Trinajstić information content (AvgIpc) is 2.51. The summed E-state index contributed by atoms with van der Waals surface area (Å²) in [5.74, 6) is -0.706. The molecule has 0 spiro atoms. The number of carbonyl (C=O) groups is 1. The maximum absolute atomic E-state index is 11.9. The Morgan fingerprint density at radius 1 is 1.29 bits per heavy atom. The Balaban J connectivity index is 2.00. The SMILES string of the molecule is Cc1ccc(CC(=O)N/N=C/c2ccc(O)c([N+](=O)[O-])c2)c(C)c1. The van der Waals surface area contributed by atoms with Crippen molar-refractivity contribution in [3.63, 3.8) is 0 Å². The Kier molecular flexibility index (Phi) is 5.26. The van der Waals surface area contributed by atoms with Gasteiger partial charge in [-0.1, -0.05) is 23.8 Å². The highest BCUT2D eigenvalue weighted by molar-refractivity contribution is 5.84. The van der Waals surface area contributed by atoms with E-state index in [4.69, 9.17) is 0 Å². The van der Waals surface area contributed by atoms with Crippen LogP contribution in [0.4, 0.5) is 5.69 Å². The van der Waals surface area contributed by atoms with Crippen molar-refractivity contribution < 1.29 is 14.8 Å². The zero-order valence-corrected chi connectivity index (χ0v) is 13.3. The van der Waals surface area contributed by atoms with Crippen molar-refractivity contribution in [3.05, 3.63) is 68.8 Å². The highest BCUT2D eigenvalue weighted by Crippen LogP contribution is 2.25. The lowest BCUT2D eigenvalue weighted by molar-refractivity contribution is -0.385. The fraction of sp³-hybridized carbons (Fsp3) is 0.176. The summed E-state index contributed by atoms with van der Waals surface area (Å²) in [6.45, 7) is 3.92. The predicted molar refractivity (Wildman–Crippen MR) is 90.1 cm³/mol. The average molecular weight is 327 g/mol. The zero-order valence-electron chi connectivity index (χ0n) is 13.3. The molecule has 7 heteroatoms. The lowest BCUT2D eigenvalue weighted by Crippen LogP contribution is -2.20. The first-order valence-corrected chi connectivity index (χ1v) is 7.22. The van der Waals surface area contributed by atoms with Crippen molar-refractivity contribution >= 4 is 17.8 Å². The van der Waals surface area contributed by atoms with Gasteiger partial charge in [-0.05, 0) is 37.1 Å². The minimum atomic E-state index is -0.689. The van der Waals surface area contributed by atoms with Crippen LogP contribution in [0.15, 0.2) is 41.5 Å². The molecule has 0 saturated heterocycles. The van der Waals surface area contributed by atoms with E-state index in [9.17, 15) is 20.0 Å². The molecule has 1 amide bonds. The smallest absolute Gasteiger partial charge is 0.311 e. The van der Waals surface area contributed by atoms with Crippen molar-refractivity contribution in [2.45, 2.75) is 20.3 Å². The third kappa shape index (κ3) is 4.39. The van der Waals surface area contributed by atoms with Crippen LogP contribution in [-0.2, 0) is 11.2 Å². The van der Waals surface area contributed by atoms with E-state index in [0.717, 1.165) is 16.7 Å². The third-order valence-electron chi connectivity index (χ3n) is 3.45. The number of nitrogens with zero attached hydrogens (tertiary/aromatic N) is 2. The van der Waals surface area contributed by atoms with Gasteiger partial charge < -0.3 is 5.11 Å². The molecule has 0 saturated carbocycles. The van der Waals surface area contributed by atoms with E-state index >= 15 is 0 Å². The number of benzene rings is 2. The van der Waals surface area contributed by atoms with Crippen molar-refractivity contribution in [1.82, 2.24) is 5.43 Å². The molecule has 24 heavy (non-hydrogen) atoms. The molecule has 2 aromatic carbocycles. The highest BCUT2D eigenvalue weighted by Gasteiger charge is 2.12. The molecule has 0 aliphatic rings. The maximum atomic E-state index is 11.9. The van der Waals surface area contributed by atoms with Crippen LogP contribution in [0.3, 0.4) is 0 Å². The first-order valence-electron chi connectivity index (χ1n) is 7.22. The molecule has 0 aliphatic carbocycles. The molecule has 0 radical (unpaired) electrons. The number of phenolic OH excluding ortho intramolecular Hbond substituents is 1. The van der Waals surface area contributed by atoms with Gasteiger partial charge in [-0.2, -0.15) is 5.10 Å². The molecule has 7 nitrogen and oxygen atoms in total. The van der Waals surface area contributed by atoms with Crippen LogP contribution in [0.25, 0.3) is 0 Å². The van der Waals surface area contributed by atoms with Gasteiger partial charge in [-0.25, -0.2) is 5.43 Å². The van der Waals surface area contributed by atoms with Crippen molar-refractivity contribution in [2.75, 3.05) is 0 Å². The summed E-state index contributed by atoms with van der Waals surface area (Å²) in [5.41, 5.74) is 5.43. The Bertz CT molecular complexity index is 815. The van der Waals surface area contributed by atoms with E-state index in [-0.39, 0.29) is 12.3 Å². The summed E-state index contributed by atoms with van der Waals surface area (Å²) in [6, 6.07) is 9.68. The quantitative estimate of drug-likeness (QED) is 0.500. The molecule has 0 fully saturated rings. The third-order valence-corrected chi connectivity index (χ3v) is 3.45. The summed E-state index contributed by atoms with van der Waals surface area (Å²) in [5, 5.41) is 23.9. The van der Waals surface area contributed by atoms with Gasteiger partial charge in [0.25, 0.3) is 0 Å². The fourth-order valence-corrected chi connectivity index (χ4v) is 2.20. The molecule has 2 N–H and O–H groups in total. The number of amides is 1. The van der Waals surface area contributed by atoms with E-state index in [2.05, 4.69) is 10.5 Å². The number of nitro groups is 1. The maximum Gasteiger partial charge on any atom is 0.311 e. The van der Waals surface area contributed by atoms with Gasteiger partial charge in [0.05, 0.1) is 17.6 Å². The van der Waals surface area contributed by atoms with Gasteiger partial charge >= 0.3 is 5.69 Å². The standard InChI is InChI=1S/C17H17N3O4/c1-11-3-5-14(12(2)7-11)9-17(22)19-18-10-13-4-6-16(21)15(8-13)20(23)24/h3-8,10,21H,9H2,1-2H3,(H,19,22)/b18-10+. The van der Waals surface area contributed by atoms with Gasteiger partial charge in [0, 0.05) is 11.6 Å². The highest BCUT2D eigenvalue weighted by atomic mass is 16.6. The van der Waals surface area contributed by atoms with Crippen LogP contribution in [-0.4, -0.2) is 22.2 Å². The van der Waals surface area contributed by atoms with Gasteiger partial charge in [-0.3, -0.25) is 14.9 Å². The second kappa shape index (κ2) is 7.36. The second-order valence-corrected chi connectivity index (χ2v) is 5.41. The van der Waals surface area contributed by atoms with Crippen LogP contribution in [0.1, 0.15) is 22.3 Å². The number of phenols is 1. The summed E-state index contributed by atoms with van der Waals surface area (Å²) in [6.07, 6.45) is 1.48. The number of aryl methyl sites for hydroxylation is 2. The van der Waals surface area contributed by atoms with Crippen LogP contribution < -0.4 is 5.43 Å². The van der Waals surface area contributed by atoms with Crippen molar-refractivity contribution in [2.24, 2.45) is 5.10 Å². The lowest BCUT2D eigenvalue weighted by Gasteiger charge is -2.05. The number of rotatable bonds is 5. The monoisotopic (exact) mass is 327 g/mol. The van der Waals surface area contributed by atoms with Crippen LogP contribution in [0.2, 0.25) is 0 Å². The molecule has 124 valence electrons. The number of hydrogen-bond acceptors (Lipinski definition) is 5. The molecule has 0 bridgehead atoms. The molecular weight excluding hydrogens is 310 g/mol. The van der Waals surface area contributed by atoms with E-state index in [0.29, 0.717) is 5.56 Å². The van der Waals surface area contributed by atoms with E-state index in [1.165, 1.54) is 24.4 Å². The van der Waals surface area contributed by atoms with Crippen LogP contribution in [0.5, 0.6) is 5.75 Å². The summed E-state index contributed by atoms with van der Waals surface area (Å²) in [7, 11) is 0. The Morgan fingerprint density at radius 2 is 2.04 bits per heavy atom. The topological polar surface area (TPSA) is 105 Å². The largest absolute Gasteiger partial charge is 0.502 e. The van der Waals surface area contributed by atoms with Crippen molar-refractivity contribution in [1.29, 1.82) is 0 Å². The van der Waals surface area contributed by atoms with E-state index < -0.39 is 16.4 Å². The number of hydrazone groups is 1. The van der Waals surface area contributed by atoms with Gasteiger partial charge in [0.1, 0.15) is 0 Å². The fourth-order valence-electron chi connectivity index (χ4n) is 2.20. The van der Waals surface area contributed by atoms with Crippen molar-refractivity contribution in [3.8, 4) is 5.75 Å². The number of nitrogens with one attached hydrogen (secondary N) is 1. The lowest BCUT2D eigenvalue weighted by atomic mass is 10.0. The van der Waals surface area contributed by atoms with Crippen LogP contribution >= 0.6 is 0 Å². The minimum absolute atomic E-state index is 0.194. The first-order chi connectivity index (χ1) is 11.4. The number of aromatic hydroxyl groups is 1. The molecular formula is C17H17N3O4. The Hall–Kier alpha value is -3.22. The van der Waals surface area contributed by atoms with E-state index in [1.807, 2.05) is 32.0 Å². The Morgan fingerprint density at radius 3 is 2.71 bits per heavy atom. The first kappa shape index (κ1) is 17.1. The zero-order chi connectivity index (χ0) is 17.7. The second-order valence-electron chi connectivity index (χ2n) is 5.41. The molecule has 0 unspecified atom stereocenters. The number of hydrogen-bond donors (Lipinski definition) is 2. The van der Waals surface area contributed by atoms with Gasteiger partial charge in [0.2, 0.25) is 5.91 Å². The predicted octanol–water partition coefficient (Wildman–Crippen LogP) is 2.61. The summed E-state index contributed by atoms with van der Waals surface area (Å²) < 4.78 is 0.